The minimum absolute atomic E-state index is 0.0340. The van der Waals surface area contributed by atoms with Crippen molar-refractivity contribution in [1.29, 1.82) is 0 Å². The third kappa shape index (κ3) is 3.49. The maximum Gasteiger partial charge on any atom is 0.166 e. The molecule has 2 nitrogen and oxygen atoms in total. The number of ketones is 1. The minimum atomic E-state index is -0.0340. The number of alkyl halides is 1. The van der Waals surface area contributed by atoms with Gasteiger partial charge in [-0.3, -0.25) is 4.79 Å². The molecule has 0 atom stereocenters. The normalized spacial score (nSPS) is 10.9. The summed E-state index contributed by atoms with van der Waals surface area (Å²) >= 11 is 3.34. The summed E-state index contributed by atoms with van der Waals surface area (Å²) in [7, 11) is 0. The van der Waals surface area contributed by atoms with Crippen molar-refractivity contribution in [2.75, 3.05) is 5.33 Å². The van der Waals surface area contributed by atoms with Crippen molar-refractivity contribution in [1.82, 2.24) is 0 Å². The molecule has 86 valence electrons. The number of carbonyl (C=O) groups excluding carboxylic acids is 1. The SMILES string of the molecule is CCC(=O)c1cc(C=CCCBr)ccc1O. The van der Waals surface area contributed by atoms with E-state index in [9.17, 15) is 9.90 Å². The van der Waals surface area contributed by atoms with Crippen LogP contribution in [0.3, 0.4) is 0 Å². The molecule has 0 saturated carbocycles. The molecule has 0 bridgehead atoms. The first-order valence-corrected chi connectivity index (χ1v) is 6.40. The quantitative estimate of drug-likeness (QED) is 0.659. The van der Waals surface area contributed by atoms with Crippen LogP contribution in [-0.4, -0.2) is 16.2 Å². The molecule has 0 aromatic heterocycles. The minimum Gasteiger partial charge on any atom is -0.507 e. The summed E-state index contributed by atoms with van der Waals surface area (Å²) in [6.07, 6.45) is 5.33. The van der Waals surface area contributed by atoms with Crippen molar-refractivity contribution in [3.05, 3.63) is 35.4 Å². The highest BCUT2D eigenvalue weighted by atomic mass is 79.9. The highest BCUT2D eigenvalue weighted by molar-refractivity contribution is 9.09. The van der Waals surface area contributed by atoms with Crippen LogP contribution in [0.2, 0.25) is 0 Å². The third-order valence-corrected chi connectivity index (χ3v) is 2.69. The van der Waals surface area contributed by atoms with Gasteiger partial charge in [0.25, 0.3) is 0 Å². The summed E-state index contributed by atoms with van der Waals surface area (Å²) in [5.74, 6) is 0.0257. The Labute approximate surface area is 104 Å². The van der Waals surface area contributed by atoms with E-state index < -0.39 is 0 Å². The molecule has 1 aromatic carbocycles. The first-order valence-electron chi connectivity index (χ1n) is 5.27. The molecule has 0 amide bonds. The Morgan fingerprint density at radius 3 is 2.88 bits per heavy atom. The van der Waals surface area contributed by atoms with Crippen molar-refractivity contribution in [2.24, 2.45) is 0 Å². The number of hydrogen-bond acceptors (Lipinski definition) is 2. The lowest BCUT2D eigenvalue weighted by Crippen LogP contribution is -1.97. The van der Waals surface area contributed by atoms with E-state index >= 15 is 0 Å². The van der Waals surface area contributed by atoms with Gasteiger partial charge in [0.15, 0.2) is 5.78 Å². The first-order chi connectivity index (χ1) is 7.69. The van der Waals surface area contributed by atoms with E-state index in [1.165, 1.54) is 0 Å². The van der Waals surface area contributed by atoms with Gasteiger partial charge in [-0.05, 0) is 24.1 Å². The van der Waals surface area contributed by atoms with Crippen LogP contribution in [-0.2, 0) is 0 Å². The van der Waals surface area contributed by atoms with Crippen molar-refractivity contribution < 1.29 is 9.90 Å². The number of halogens is 1. The lowest BCUT2D eigenvalue weighted by atomic mass is 10.0. The number of hydrogen-bond donors (Lipinski definition) is 1. The zero-order valence-electron chi connectivity index (χ0n) is 9.24. The molecule has 16 heavy (non-hydrogen) atoms. The van der Waals surface area contributed by atoms with Gasteiger partial charge in [-0.25, -0.2) is 0 Å². The predicted octanol–water partition coefficient (Wildman–Crippen LogP) is 3.78. The molecule has 0 fully saturated rings. The Hall–Kier alpha value is -1.09. The number of aromatic hydroxyl groups is 1. The van der Waals surface area contributed by atoms with Gasteiger partial charge < -0.3 is 5.11 Å². The maximum absolute atomic E-state index is 11.5. The highest BCUT2D eigenvalue weighted by Gasteiger charge is 2.08. The van der Waals surface area contributed by atoms with Crippen LogP contribution in [0.25, 0.3) is 6.08 Å². The summed E-state index contributed by atoms with van der Waals surface area (Å²) in [5, 5.41) is 10.5. The topological polar surface area (TPSA) is 37.3 Å². The Bertz CT molecular complexity index is 397. The molecule has 0 saturated heterocycles. The Morgan fingerprint density at radius 2 is 2.25 bits per heavy atom. The van der Waals surface area contributed by atoms with Crippen molar-refractivity contribution in [2.45, 2.75) is 19.8 Å². The van der Waals surface area contributed by atoms with E-state index in [2.05, 4.69) is 15.9 Å². The second-order valence-electron chi connectivity index (χ2n) is 3.43. The maximum atomic E-state index is 11.5. The number of carbonyl (C=O) groups is 1. The van der Waals surface area contributed by atoms with E-state index in [0.29, 0.717) is 12.0 Å². The Balaban J connectivity index is 2.93. The molecule has 0 aliphatic rings. The number of benzene rings is 1. The molecule has 1 rings (SSSR count). The van der Waals surface area contributed by atoms with Gasteiger partial charge in [-0.1, -0.05) is 41.1 Å². The molecule has 0 aliphatic carbocycles. The van der Waals surface area contributed by atoms with E-state index in [4.69, 9.17) is 0 Å². The summed E-state index contributed by atoms with van der Waals surface area (Å²) in [4.78, 5) is 11.5. The highest BCUT2D eigenvalue weighted by Crippen LogP contribution is 2.21. The van der Waals surface area contributed by atoms with Gasteiger partial charge >= 0.3 is 0 Å². The van der Waals surface area contributed by atoms with Crippen molar-refractivity contribution in [3.8, 4) is 5.75 Å². The Kier molecular flexibility index (Phi) is 5.26. The van der Waals surface area contributed by atoms with Crippen LogP contribution in [0, 0.1) is 0 Å². The lowest BCUT2D eigenvalue weighted by molar-refractivity contribution is 0.0985. The standard InChI is InChI=1S/C13H15BrO2/c1-2-12(15)11-9-10(5-3-4-8-14)6-7-13(11)16/h3,5-7,9,16H,2,4,8H2,1H3. The molecule has 1 N–H and O–H groups in total. The van der Waals surface area contributed by atoms with Crippen LogP contribution in [0.5, 0.6) is 5.75 Å². The molecule has 0 unspecified atom stereocenters. The van der Waals surface area contributed by atoms with Crippen LogP contribution in [0.1, 0.15) is 35.7 Å². The van der Waals surface area contributed by atoms with Crippen LogP contribution in [0.15, 0.2) is 24.3 Å². The fourth-order valence-electron chi connectivity index (χ4n) is 1.35. The summed E-state index contributed by atoms with van der Waals surface area (Å²) in [5.41, 5.74) is 1.35. The summed E-state index contributed by atoms with van der Waals surface area (Å²) < 4.78 is 0. The van der Waals surface area contributed by atoms with Gasteiger partial charge in [0.1, 0.15) is 5.75 Å². The van der Waals surface area contributed by atoms with E-state index in [-0.39, 0.29) is 11.5 Å². The number of Topliss-reactive ketones (excluding diaryl/α,β-unsaturated/α-hetero) is 1. The first kappa shape index (κ1) is 13.0. The predicted molar refractivity (Wildman–Crippen MR) is 70.2 cm³/mol. The van der Waals surface area contributed by atoms with E-state index in [1.807, 2.05) is 12.2 Å². The summed E-state index contributed by atoms with van der Waals surface area (Å²) in [6, 6.07) is 5.09. The lowest BCUT2D eigenvalue weighted by Gasteiger charge is -2.03. The second-order valence-corrected chi connectivity index (χ2v) is 4.23. The monoisotopic (exact) mass is 282 g/mol. The average Bonchev–Trinajstić information content (AvgIpc) is 2.30. The third-order valence-electron chi connectivity index (χ3n) is 2.23. The average molecular weight is 283 g/mol. The molecule has 0 radical (unpaired) electrons. The van der Waals surface area contributed by atoms with Gasteiger partial charge in [0.2, 0.25) is 0 Å². The largest absolute Gasteiger partial charge is 0.507 e. The molecular formula is C13H15BrO2. The molecule has 0 heterocycles. The molecular weight excluding hydrogens is 268 g/mol. The molecule has 3 heteroatoms. The van der Waals surface area contributed by atoms with Crippen LogP contribution >= 0.6 is 15.9 Å². The zero-order chi connectivity index (χ0) is 12.0. The number of allylic oxidation sites excluding steroid dienone is 1. The second kappa shape index (κ2) is 6.48. The van der Waals surface area contributed by atoms with Crippen LogP contribution < -0.4 is 0 Å². The number of phenols is 1. The molecule has 0 aliphatic heterocycles. The fraction of sp³-hybridized carbons (Fsp3) is 0.308. The van der Waals surface area contributed by atoms with Gasteiger partial charge in [-0.15, -0.1) is 0 Å². The molecule has 1 aromatic rings. The fourth-order valence-corrected chi connectivity index (χ4v) is 1.62. The van der Waals surface area contributed by atoms with Crippen LogP contribution in [0.4, 0.5) is 0 Å². The zero-order valence-corrected chi connectivity index (χ0v) is 10.8. The van der Waals surface area contributed by atoms with E-state index in [1.54, 1.807) is 25.1 Å². The van der Waals surface area contributed by atoms with Crippen molar-refractivity contribution >= 4 is 27.8 Å². The Morgan fingerprint density at radius 1 is 1.50 bits per heavy atom. The van der Waals surface area contributed by atoms with E-state index in [0.717, 1.165) is 17.3 Å². The molecule has 0 spiro atoms. The summed E-state index contributed by atoms with van der Waals surface area (Å²) in [6.45, 7) is 1.79. The van der Waals surface area contributed by atoms with Gasteiger partial charge in [-0.2, -0.15) is 0 Å². The van der Waals surface area contributed by atoms with Gasteiger partial charge in [0.05, 0.1) is 5.56 Å². The smallest absolute Gasteiger partial charge is 0.166 e. The van der Waals surface area contributed by atoms with Gasteiger partial charge in [0, 0.05) is 11.8 Å². The van der Waals surface area contributed by atoms with Crippen molar-refractivity contribution in [3.63, 3.8) is 0 Å². The number of rotatable bonds is 5. The number of phenolic OH excluding ortho intramolecular Hbond substituents is 1.